The first kappa shape index (κ1) is 18.6. The van der Waals surface area contributed by atoms with E-state index in [0.29, 0.717) is 5.69 Å². The molecule has 0 atom stereocenters. The monoisotopic (exact) mass is 345 g/mol. The van der Waals surface area contributed by atoms with Gasteiger partial charge in [-0.05, 0) is 45.9 Å². The molecule has 132 valence electrons. The molecule has 1 fully saturated rings. The van der Waals surface area contributed by atoms with E-state index in [1.54, 1.807) is 0 Å². The Morgan fingerprint density at radius 2 is 1.71 bits per heavy atom. The van der Waals surface area contributed by atoms with Gasteiger partial charge in [0, 0.05) is 18.1 Å². The molecular formula is C15H19BF3NO4. The molecule has 1 heterocycles. The normalized spacial score (nSPS) is 19.2. The fourth-order valence-corrected chi connectivity index (χ4v) is 2.21. The zero-order valence-corrected chi connectivity index (χ0v) is 14.1. The number of anilines is 1. The van der Waals surface area contributed by atoms with E-state index in [4.69, 9.17) is 9.31 Å². The molecule has 1 aromatic rings. The third-order valence-corrected chi connectivity index (χ3v) is 4.07. The fraction of sp³-hybridized carbons (Fsp3) is 0.533. The maximum atomic E-state index is 12.5. The van der Waals surface area contributed by atoms with Crippen molar-refractivity contribution in [3.63, 3.8) is 0 Å². The number of nitrogens with one attached hydrogen (secondary N) is 1. The van der Waals surface area contributed by atoms with Crippen molar-refractivity contribution in [2.24, 2.45) is 0 Å². The van der Waals surface area contributed by atoms with E-state index in [-0.39, 0.29) is 11.4 Å². The number of amides is 1. The molecule has 1 amide bonds. The maximum absolute atomic E-state index is 12.5. The molecule has 5 nitrogen and oxygen atoms in total. The molecule has 1 aliphatic rings. The summed E-state index contributed by atoms with van der Waals surface area (Å²) in [6.07, 6.45) is -4.82. The number of rotatable bonds is 3. The molecule has 0 radical (unpaired) electrons. The number of benzene rings is 1. The minimum Gasteiger partial charge on any atom is -0.406 e. The van der Waals surface area contributed by atoms with Crippen molar-refractivity contribution in [1.82, 2.24) is 0 Å². The zero-order chi connectivity index (χ0) is 18.3. The highest BCUT2D eigenvalue weighted by atomic mass is 19.4. The van der Waals surface area contributed by atoms with Gasteiger partial charge in [-0.1, -0.05) is 0 Å². The number of carbonyl (C=O) groups excluding carboxylic acids is 1. The molecule has 0 saturated carbocycles. The van der Waals surface area contributed by atoms with Crippen LogP contribution in [0.1, 0.15) is 34.6 Å². The van der Waals surface area contributed by atoms with Crippen LogP contribution in [0.15, 0.2) is 18.2 Å². The largest absolute Gasteiger partial charge is 0.573 e. The summed E-state index contributed by atoms with van der Waals surface area (Å²) in [4.78, 5) is 11.3. The van der Waals surface area contributed by atoms with Crippen LogP contribution in [0.5, 0.6) is 5.75 Å². The first-order chi connectivity index (χ1) is 10.8. The third-order valence-electron chi connectivity index (χ3n) is 4.07. The fourth-order valence-electron chi connectivity index (χ4n) is 2.21. The van der Waals surface area contributed by atoms with Crippen molar-refractivity contribution in [2.45, 2.75) is 52.2 Å². The Hall–Kier alpha value is -1.74. The molecule has 1 aromatic carbocycles. The molecule has 9 heteroatoms. The van der Waals surface area contributed by atoms with Crippen LogP contribution in [0.3, 0.4) is 0 Å². The summed E-state index contributed by atoms with van der Waals surface area (Å²) in [5.74, 6) is -0.779. The second-order valence-corrected chi connectivity index (χ2v) is 6.57. The van der Waals surface area contributed by atoms with Crippen LogP contribution in [0.2, 0.25) is 0 Å². The van der Waals surface area contributed by atoms with Crippen molar-refractivity contribution in [2.75, 3.05) is 5.32 Å². The van der Waals surface area contributed by atoms with E-state index in [1.807, 2.05) is 27.7 Å². The Labute approximate surface area is 138 Å². The predicted molar refractivity (Wildman–Crippen MR) is 83.1 cm³/mol. The predicted octanol–water partition coefficient (Wildman–Crippen LogP) is 2.84. The van der Waals surface area contributed by atoms with Crippen molar-refractivity contribution in [3.05, 3.63) is 18.2 Å². The number of halogens is 3. The second kappa shape index (κ2) is 5.96. The van der Waals surface area contributed by atoms with Gasteiger partial charge in [0.1, 0.15) is 5.75 Å². The topological polar surface area (TPSA) is 56.8 Å². The lowest BCUT2D eigenvalue weighted by Gasteiger charge is -2.32. The van der Waals surface area contributed by atoms with E-state index >= 15 is 0 Å². The van der Waals surface area contributed by atoms with Crippen LogP contribution in [0.25, 0.3) is 0 Å². The summed E-state index contributed by atoms with van der Waals surface area (Å²) < 4.78 is 53.0. The Bertz CT molecular complexity index is 630. The smallest absolute Gasteiger partial charge is 0.406 e. The van der Waals surface area contributed by atoms with E-state index in [9.17, 15) is 18.0 Å². The van der Waals surface area contributed by atoms with Crippen LogP contribution in [0, 0.1) is 0 Å². The minimum absolute atomic E-state index is 0.255. The molecule has 1 N–H and O–H groups in total. The van der Waals surface area contributed by atoms with E-state index < -0.39 is 30.4 Å². The van der Waals surface area contributed by atoms with Crippen LogP contribution >= 0.6 is 0 Å². The van der Waals surface area contributed by atoms with E-state index in [2.05, 4.69) is 10.1 Å². The van der Waals surface area contributed by atoms with Crippen molar-refractivity contribution in [3.8, 4) is 5.75 Å². The number of hydrogen-bond donors (Lipinski definition) is 1. The maximum Gasteiger partial charge on any atom is 0.573 e. The summed E-state index contributed by atoms with van der Waals surface area (Å²) in [6.45, 7) is 8.58. The lowest BCUT2D eigenvalue weighted by Crippen LogP contribution is -2.41. The quantitative estimate of drug-likeness (QED) is 0.856. The molecular weight excluding hydrogens is 326 g/mol. The molecule has 24 heavy (non-hydrogen) atoms. The minimum atomic E-state index is -4.82. The standard InChI is InChI=1S/C15H19BF3NO4/c1-9(21)20-12-7-6-10(22-15(17,18)19)8-11(12)16-23-13(2,3)14(4,5)24-16/h6-8H,1-5H3,(H,20,21). The van der Waals surface area contributed by atoms with E-state index in [0.717, 1.165) is 12.1 Å². The number of alkyl halides is 3. The summed E-state index contributed by atoms with van der Waals surface area (Å²) in [6, 6.07) is 3.59. The van der Waals surface area contributed by atoms with Gasteiger partial charge in [-0.25, -0.2) is 0 Å². The Morgan fingerprint density at radius 3 is 2.17 bits per heavy atom. The summed E-state index contributed by atoms with van der Waals surface area (Å²) >= 11 is 0. The first-order valence-electron chi connectivity index (χ1n) is 7.34. The summed E-state index contributed by atoms with van der Waals surface area (Å²) in [5.41, 5.74) is -0.793. The molecule has 1 saturated heterocycles. The number of carbonyl (C=O) groups is 1. The number of hydrogen-bond acceptors (Lipinski definition) is 4. The summed E-state index contributed by atoms with van der Waals surface area (Å²) in [7, 11) is -0.936. The molecule has 0 aliphatic carbocycles. The Balaban J connectivity index is 2.41. The lowest BCUT2D eigenvalue weighted by atomic mass is 9.77. The average molecular weight is 345 g/mol. The van der Waals surface area contributed by atoms with Gasteiger partial charge < -0.3 is 19.4 Å². The van der Waals surface area contributed by atoms with Crippen LogP contribution in [-0.2, 0) is 14.1 Å². The van der Waals surface area contributed by atoms with Gasteiger partial charge >= 0.3 is 13.5 Å². The average Bonchev–Trinajstić information content (AvgIpc) is 2.58. The highest BCUT2D eigenvalue weighted by molar-refractivity contribution is 6.64. The highest BCUT2D eigenvalue weighted by Gasteiger charge is 2.52. The van der Waals surface area contributed by atoms with Gasteiger partial charge in [0.15, 0.2) is 0 Å². The van der Waals surface area contributed by atoms with Gasteiger partial charge in [0.05, 0.1) is 11.2 Å². The van der Waals surface area contributed by atoms with Gasteiger partial charge in [-0.3, -0.25) is 4.79 Å². The Kier molecular flexibility index (Phi) is 4.62. The second-order valence-electron chi connectivity index (χ2n) is 6.57. The molecule has 1 aliphatic heterocycles. The van der Waals surface area contributed by atoms with Gasteiger partial charge in [0.25, 0.3) is 0 Å². The number of ether oxygens (including phenoxy) is 1. The van der Waals surface area contributed by atoms with Crippen LogP contribution < -0.4 is 15.5 Å². The lowest BCUT2D eigenvalue weighted by molar-refractivity contribution is -0.274. The molecule has 0 unspecified atom stereocenters. The molecule has 0 aromatic heterocycles. The SMILES string of the molecule is CC(=O)Nc1ccc(OC(F)(F)F)cc1B1OC(C)(C)C(C)(C)O1. The molecule has 0 spiro atoms. The summed E-state index contributed by atoms with van der Waals surface area (Å²) in [5, 5.41) is 2.56. The highest BCUT2D eigenvalue weighted by Crippen LogP contribution is 2.37. The van der Waals surface area contributed by atoms with Gasteiger partial charge in [-0.15, -0.1) is 13.2 Å². The third kappa shape index (κ3) is 4.02. The van der Waals surface area contributed by atoms with Crippen molar-refractivity contribution in [1.29, 1.82) is 0 Å². The van der Waals surface area contributed by atoms with Crippen LogP contribution in [-0.4, -0.2) is 30.6 Å². The Morgan fingerprint density at radius 1 is 1.17 bits per heavy atom. The molecule has 2 rings (SSSR count). The molecule has 0 bridgehead atoms. The van der Waals surface area contributed by atoms with Gasteiger partial charge in [-0.2, -0.15) is 0 Å². The van der Waals surface area contributed by atoms with Gasteiger partial charge in [0.2, 0.25) is 5.91 Å². The first-order valence-corrected chi connectivity index (χ1v) is 7.34. The van der Waals surface area contributed by atoms with Crippen LogP contribution in [0.4, 0.5) is 18.9 Å². The zero-order valence-electron chi connectivity index (χ0n) is 14.1. The van der Waals surface area contributed by atoms with Crippen molar-refractivity contribution >= 4 is 24.2 Å². The van der Waals surface area contributed by atoms with E-state index in [1.165, 1.54) is 13.0 Å². The van der Waals surface area contributed by atoms with Crippen molar-refractivity contribution < 1.29 is 32.0 Å².